The fraction of sp³-hybridized carbons (Fsp3) is 0.500. The van der Waals surface area contributed by atoms with Crippen molar-refractivity contribution in [2.45, 2.75) is 25.7 Å². The number of hydrogen-bond donors (Lipinski definition) is 1. The van der Waals surface area contributed by atoms with E-state index in [0.717, 1.165) is 18.9 Å². The number of anilines is 1. The summed E-state index contributed by atoms with van der Waals surface area (Å²) in [7, 11) is 0. The minimum Gasteiger partial charge on any atom is -0.478 e. The third-order valence-electron chi connectivity index (χ3n) is 4.41. The highest BCUT2D eigenvalue weighted by Gasteiger charge is 2.45. The Hall–Kier alpha value is -1.50. The van der Waals surface area contributed by atoms with E-state index in [1.165, 1.54) is 0 Å². The molecule has 5 nitrogen and oxygen atoms in total. The van der Waals surface area contributed by atoms with Crippen molar-refractivity contribution in [1.82, 2.24) is 4.98 Å². The zero-order valence-corrected chi connectivity index (χ0v) is 12.8. The molecule has 1 aromatic heterocycles. The first kappa shape index (κ1) is 14.4. The lowest BCUT2D eigenvalue weighted by Crippen LogP contribution is -2.47. The van der Waals surface area contributed by atoms with Gasteiger partial charge in [0.15, 0.2) is 11.6 Å². The summed E-state index contributed by atoms with van der Waals surface area (Å²) in [5.41, 5.74) is -0.0724. The normalized spacial score (nSPS) is 20.5. The second-order valence-corrected chi connectivity index (χ2v) is 6.57. The zero-order chi connectivity index (χ0) is 15.2. The average molecular weight is 357 g/mol. The molecule has 3 rings (SSSR count). The highest BCUT2D eigenvalue weighted by atomic mass is 79.9. The van der Waals surface area contributed by atoms with Gasteiger partial charge in [0.25, 0.3) is 0 Å². The molecule has 1 saturated heterocycles. The minimum absolute atomic E-state index is 0.113. The fourth-order valence-electron chi connectivity index (χ4n) is 3.16. The van der Waals surface area contributed by atoms with Gasteiger partial charge in [-0.05, 0) is 40.3 Å². The Balaban J connectivity index is 1.78. The molecular weight excluding hydrogens is 343 g/mol. The lowest BCUT2D eigenvalue weighted by atomic mass is 9.62. The number of carboxylic acid groups (broad SMARTS) is 1. The lowest BCUT2D eigenvalue weighted by Gasteiger charge is -2.47. The van der Waals surface area contributed by atoms with Crippen LogP contribution in [0.15, 0.2) is 10.7 Å². The zero-order valence-electron chi connectivity index (χ0n) is 11.2. The smallest absolute Gasteiger partial charge is 0.338 e. The van der Waals surface area contributed by atoms with Crippen molar-refractivity contribution in [3.05, 3.63) is 22.1 Å². The van der Waals surface area contributed by atoms with Gasteiger partial charge < -0.3 is 10.0 Å². The Bertz CT molecular complexity index is 617. The number of Topliss-reactive ketones (excluding diaryl/α,β-unsaturated/α-hetero) is 1. The van der Waals surface area contributed by atoms with Crippen molar-refractivity contribution in [3.8, 4) is 0 Å². The van der Waals surface area contributed by atoms with Crippen LogP contribution in [0.25, 0.3) is 0 Å². The van der Waals surface area contributed by atoms with E-state index in [-0.39, 0.29) is 21.4 Å². The summed E-state index contributed by atoms with van der Waals surface area (Å²) in [5.74, 6) is -1.37. The van der Waals surface area contributed by atoms with Crippen LogP contribution in [0.4, 0.5) is 10.2 Å². The number of aromatic nitrogens is 1. The summed E-state index contributed by atoms with van der Waals surface area (Å²) in [6, 6.07) is 0.992. The number of hydrogen-bond acceptors (Lipinski definition) is 4. The van der Waals surface area contributed by atoms with E-state index in [1.54, 1.807) is 0 Å². The van der Waals surface area contributed by atoms with E-state index in [2.05, 4.69) is 20.9 Å². The molecule has 1 spiro atoms. The maximum absolute atomic E-state index is 14.1. The predicted molar refractivity (Wildman–Crippen MR) is 77.0 cm³/mol. The second kappa shape index (κ2) is 5.05. The van der Waals surface area contributed by atoms with E-state index in [1.807, 2.05) is 4.90 Å². The molecule has 0 amide bonds. The third kappa shape index (κ3) is 2.54. The number of pyridine rings is 1. The topological polar surface area (TPSA) is 70.5 Å². The molecule has 0 unspecified atom stereocenters. The maximum Gasteiger partial charge on any atom is 0.338 e. The number of ketones is 1. The Kier molecular flexibility index (Phi) is 3.47. The van der Waals surface area contributed by atoms with E-state index in [4.69, 9.17) is 5.11 Å². The van der Waals surface area contributed by atoms with Crippen molar-refractivity contribution < 1.29 is 19.1 Å². The van der Waals surface area contributed by atoms with Gasteiger partial charge in [-0.3, -0.25) is 4.79 Å². The summed E-state index contributed by atoms with van der Waals surface area (Å²) in [6.45, 7) is 1.27. The molecule has 1 aliphatic carbocycles. The van der Waals surface area contributed by atoms with Crippen LogP contribution in [-0.4, -0.2) is 34.9 Å². The van der Waals surface area contributed by atoms with Crippen molar-refractivity contribution in [2.75, 3.05) is 18.0 Å². The number of carbonyl (C=O) groups excluding carboxylic acids is 1. The molecule has 0 atom stereocenters. The minimum atomic E-state index is -1.22. The van der Waals surface area contributed by atoms with E-state index >= 15 is 0 Å². The van der Waals surface area contributed by atoms with Crippen molar-refractivity contribution in [2.24, 2.45) is 5.41 Å². The summed E-state index contributed by atoms with van der Waals surface area (Å²) >= 11 is 3.07. The first-order valence-electron chi connectivity index (χ1n) is 6.76. The van der Waals surface area contributed by atoms with Crippen LogP contribution >= 0.6 is 15.9 Å². The molecule has 0 aromatic carbocycles. The summed E-state index contributed by atoms with van der Waals surface area (Å²) in [4.78, 5) is 28.0. The molecule has 2 heterocycles. The Labute approximate surface area is 129 Å². The van der Waals surface area contributed by atoms with Crippen molar-refractivity contribution >= 4 is 33.5 Å². The van der Waals surface area contributed by atoms with E-state index in [0.29, 0.717) is 31.7 Å². The molecule has 1 aliphatic heterocycles. The SMILES string of the molecule is O=C1CC2(CCN(c3nc(Br)c(C(=O)O)cc3F)CC2)C1. The summed E-state index contributed by atoms with van der Waals surface area (Å²) < 4.78 is 14.2. The largest absolute Gasteiger partial charge is 0.478 e. The molecule has 1 saturated carbocycles. The molecular formula is C14H14BrFN2O3. The molecule has 1 aromatic rings. The van der Waals surface area contributed by atoms with Gasteiger partial charge in [0.1, 0.15) is 10.4 Å². The first-order chi connectivity index (χ1) is 9.90. The molecule has 112 valence electrons. The van der Waals surface area contributed by atoms with Gasteiger partial charge in [-0.25, -0.2) is 14.2 Å². The fourth-order valence-corrected chi connectivity index (χ4v) is 3.61. The van der Waals surface area contributed by atoms with Crippen molar-refractivity contribution in [3.63, 3.8) is 0 Å². The first-order valence-corrected chi connectivity index (χ1v) is 7.55. The van der Waals surface area contributed by atoms with Crippen LogP contribution in [0, 0.1) is 11.2 Å². The van der Waals surface area contributed by atoms with Gasteiger partial charge in [0, 0.05) is 25.9 Å². The van der Waals surface area contributed by atoms with Crippen molar-refractivity contribution in [1.29, 1.82) is 0 Å². The second-order valence-electron chi connectivity index (χ2n) is 5.82. The molecule has 0 radical (unpaired) electrons. The van der Waals surface area contributed by atoms with Crippen LogP contribution in [-0.2, 0) is 4.79 Å². The molecule has 7 heteroatoms. The Morgan fingerprint density at radius 3 is 2.52 bits per heavy atom. The van der Waals surface area contributed by atoms with Gasteiger partial charge in [0.05, 0.1) is 5.56 Å². The Morgan fingerprint density at radius 2 is 2.00 bits per heavy atom. The quantitative estimate of drug-likeness (QED) is 0.824. The molecule has 2 fully saturated rings. The summed E-state index contributed by atoms with van der Waals surface area (Å²) in [6.07, 6.45) is 2.97. The molecule has 1 N–H and O–H groups in total. The number of carbonyl (C=O) groups is 2. The van der Waals surface area contributed by atoms with E-state index in [9.17, 15) is 14.0 Å². The number of nitrogens with zero attached hydrogens (tertiary/aromatic N) is 2. The monoisotopic (exact) mass is 356 g/mol. The number of halogens is 2. The summed E-state index contributed by atoms with van der Waals surface area (Å²) in [5, 5.41) is 8.94. The van der Waals surface area contributed by atoms with Crippen LogP contribution < -0.4 is 4.90 Å². The van der Waals surface area contributed by atoms with Crippen LogP contribution in [0.5, 0.6) is 0 Å². The average Bonchev–Trinajstić information content (AvgIpc) is 2.40. The molecule has 21 heavy (non-hydrogen) atoms. The highest BCUT2D eigenvalue weighted by molar-refractivity contribution is 9.10. The maximum atomic E-state index is 14.1. The van der Waals surface area contributed by atoms with Gasteiger partial charge in [0.2, 0.25) is 0 Å². The predicted octanol–water partition coefficient (Wildman–Crippen LogP) is 2.63. The standard InChI is InChI=1S/C14H14BrFN2O3/c15-11-9(13(20)21)5-10(16)12(17-11)18-3-1-14(2-4-18)6-8(19)7-14/h5H,1-4,6-7H2,(H,20,21). The van der Waals surface area contributed by atoms with Crippen LogP contribution in [0.3, 0.4) is 0 Å². The van der Waals surface area contributed by atoms with Gasteiger partial charge >= 0.3 is 5.97 Å². The molecule has 2 aliphatic rings. The highest BCUT2D eigenvalue weighted by Crippen LogP contribution is 2.47. The van der Waals surface area contributed by atoms with Gasteiger partial charge in [-0.1, -0.05) is 0 Å². The lowest BCUT2D eigenvalue weighted by molar-refractivity contribution is -0.133. The number of carboxylic acids is 1. The number of aromatic carboxylic acids is 1. The van der Waals surface area contributed by atoms with Crippen LogP contribution in [0.1, 0.15) is 36.0 Å². The number of piperidine rings is 1. The third-order valence-corrected chi connectivity index (χ3v) is 5.01. The van der Waals surface area contributed by atoms with Gasteiger partial charge in [-0.2, -0.15) is 0 Å². The number of rotatable bonds is 2. The molecule has 0 bridgehead atoms. The van der Waals surface area contributed by atoms with Crippen LogP contribution in [0.2, 0.25) is 0 Å². The Morgan fingerprint density at radius 1 is 1.38 bits per heavy atom. The van der Waals surface area contributed by atoms with Gasteiger partial charge in [-0.15, -0.1) is 0 Å². The van der Waals surface area contributed by atoms with E-state index < -0.39 is 11.8 Å².